The predicted octanol–water partition coefficient (Wildman–Crippen LogP) is -0.209. The molecule has 0 atom stereocenters. The Kier molecular flexibility index (Phi) is 5.18. The highest BCUT2D eigenvalue weighted by Crippen LogP contribution is 2.09. The second kappa shape index (κ2) is 6.42. The number of likely N-dealkylation sites (tertiary alicyclic amines) is 1. The van der Waals surface area contributed by atoms with Crippen molar-refractivity contribution in [1.29, 1.82) is 0 Å². The van der Waals surface area contributed by atoms with E-state index in [1.54, 1.807) is 4.90 Å². The predicted molar refractivity (Wildman–Crippen MR) is 64.8 cm³/mol. The third-order valence-electron chi connectivity index (χ3n) is 2.51. The summed E-state index contributed by atoms with van der Waals surface area (Å²) >= 11 is 4.62. The molecule has 1 heterocycles. The smallest absolute Gasteiger partial charge is 0.311 e. The monoisotopic (exact) mass is 243 g/mol. The van der Waals surface area contributed by atoms with Crippen molar-refractivity contribution in [1.82, 2.24) is 10.2 Å². The van der Waals surface area contributed by atoms with E-state index in [1.165, 1.54) is 0 Å². The molecule has 1 rings (SSSR count). The van der Waals surface area contributed by atoms with Crippen LogP contribution in [0.1, 0.15) is 25.7 Å². The van der Waals surface area contributed by atoms with E-state index in [0.29, 0.717) is 13.1 Å². The van der Waals surface area contributed by atoms with E-state index >= 15 is 0 Å². The van der Waals surface area contributed by atoms with Gasteiger partial charge in [0.15, 0.2) is 0 Å². The normalized spacial score (nSPS) is 16.4. The second-order valence-corrected chi connectivity index (χ2v) is 4.38. The van der Waals surface area contributed by atoms with Gasteiger partial charge >= 0.3 is 11.8 Å². The van der Waals surface area contributed by atoms with Crippen molar-refractivity contribution in [3.8, 4) is 0 Å². The van der Waals surface area contributed by atoms with Gasteiger partial charge in [-0.1, -0.05) is 25.1 Å². The fraction of sp³-hybridized carbons (Fsp3) is 0.700. The summed E-state index contributed by atoms with van der Waals surface area (Å²) in [5.41, 5.74) is 5.24. The van der Waals surface area contributed by atoms with Crippen LogP contribution in [0.25, 0.3) is 0 Å². The van der Waals surface area contributed by atoms with Crippen LogP contribution in [0.3, 0.4) is 0 Å². The van der Waals surface area contributed by atoms with Gasteiger partial charge in [0.05, 0.1) is 11.5 Å². The average molecular weight is 243 g/mol. The minimum Gasteiger partial charge on any atom is -0.392 e. The van der Waals surface area contributed by atoms with Crippen LogP contribution in [0.5, 0.6) is 0 Å². The average Bonchev–Trinajstić information content (AvgIpc) is 2.53. The summed E-state index contributed by atoms with van der Waals surface area (Å²) in [5.74, 6) is -1.09. The lowest BCUT2D eigenvalue weighted by Gasteiger charge is -2.19. The van der Waals surface area contributed by atoms with E-state index in [1.807, 2.05) is 0 Å². The van der Waals surface area contributed by atoms with Gasteiger partial charge in [0.1, 0.15) is 0 Å². The Hall–Kier alpha value is -1.17. The third-order valence-corrected chi connectivity index (χ3v) is 2.66. The van der Waals surface area contributed by atoms with Crippen LogP contribution < -0.4 is 11.1 Å². The highest BCUT2D eigenvalue weighted by atomic mass is 32.1. The van der Waals surface area contributed by atoms with Crippen molar-refractivity contribution in [2.24, 2.45) is 5.73 Å². The summed E-state index contributed by atoms with van der Waals surface area (Å²) < 4.78 is 0. The van der Waals surface area contributed by atoms with Crippen LogP contribution in [-0.2, 0) is 9.59 Å². The Morgan fingerprint density at radius 2 is 1.75 bits per heavy atom. The largest absolute Gasteiger partial charge is 0.392 e. The topological polar surface area (TPSA) is 75.4 Å². The van der Waals surface area contributed by atoms with Gasteiger partial charge in [0.25, 0.3) is 0 Å². The molecule has 1 saturated heterocycles. The number of rotatable bonds is 2. The number of hydrogen-bond donors (Lipinski definition) is 2. The van der Waals surface area contributed by atoms with Gasteiger partial charge in [-0.15, -0.1) is 0 Å². The van der Waals surface area contributed by atoms with Crippen molar-refractivity contribution in [3.05, 3.63) is 0 Å². The maximum Gasteiger partial charge on any atom is 0.311 e. The molecule has 1 aliphatic rings. The van der Waals surface area contributed by atoms with Gasteiger partial charge in [-0.2, -0.15) is 0 Å². The van der Waals surface area contributed by atoms with E-state index < -0.39 is 11.8 Å². The second-order valence-electron chi connectivity index (χ2n) is 3.86. The van der Waals surface area contributed by atoms with Crippen LogP contribution in [0.2, 0.25) is 0 Å². The summed E-state index contributed by atoms with van der Waals surface area (Å²) in [5, 5.41) is 2.40. The standard InChI is InChI=1S/C10H17N3O2S/c11-8(16)7-12-9(14)10(15)13-5-3-1-2-4-6-13/h1-7H2,(H2,11,16)(H,12,14). The molecule has 0 saturated carbocycles. The summed E-state index contributed by atoms with van der Waals surface area (Å²) in [4.78, 5) is 24.9. The van der Waals surface area contributed by atoms with Crippen molar-refractivity contribution in [2.45, 2.75) is 25.7 Å². The Labute approximate surface area is 100 Å². The summed E-state index contributed by atoms with van der Waals surface area (Å²) in [6.45, 7) is 1.41. The fourth-order valence-electron chi connectivity index (χ4n) is 1.66. The zero-order valence-corrected chi connectivity index (χ0v) is 10.0. The number of nitrogens with zero attached hydrogens (tertiary/aromatic N) is 1. The van der Waals surface area contributed by atoms with Crippen LogP contribution in [-0.4, -0.2) is 41.3 Å². The zero-order chi connectivity index (χ0) is 12.0. The number of nitrogens with two attached hydrogens (primary N) is 1. The Bertz CT molecular complexity index is 286. The number of amides is 2. The van der Waals surface area contributed by atoms with Gasteiger partial charge in [-0.3, -0.25) is 9.59 Å². The van der Waals surface area contributed by atoms with Gasteiger partial charge < -0.3 is 16.0 Å². The van der Waals surface area contributed by atoms with Gasteiger partial charge in [0, 0.05) is 13.1 Å². The van der Waals surface area contributed by atoms with Crippen LogP contribution in [0.4, 0.5) is 0 Å². The molecule has 3 N–H and O–H groups in total. The number of thiocarbonyl (C=S) groups is 1. The highest BCUT2D eigenvalue weighted by molar-refractivity contribution is 7.80. The zero-order valence-electron chi connectivity index (χ0n) is 9.20. The molecule has 2 amide bonds. The molecule has 90 valence electrons. The molecule has 0 bridgehead atoms. The van der Waals surface area contributed by atoms with Crippen molar-refractivity contribution in [3.63, 3.8) is 0 Å². The number of nitrogens with one attached hydrogen (secondary N) is 1. The molecule has 0 unspecified atom stereocenters. The quantitative estimate of drug-likeness (QED) is 0.520. The van der Waals surface area contributed by atoms with Crippen LogP contribution >= 0.6 is 12.2 Å². The summed E-state index contributed by atoms with van der Waals surface area (Å²) in [6.07, 6.45) is 4.18. The Morgan fingerprint density at radius 3 is 2.25 bits per heavy atom. The molecular weight excluding hydrogens is 226 g/mol. The molecule has 0 aliphatic carbocycles. The lowest BCUT2D eigenvalue weighted by atomic mass is 10.2. The van der Waals surface area contributed by atoms with E-state index in [0.717, 1.165) is 25.7 Å². The first kappa shape index (κ1) is 12.9. The first-order valence-electron chi connectivity index (χ1n) is 5.46. The molecule has 1 aliphatic heterocycles. The summed E-state index contributed by atoms with van der Waals surface area (Å²) in [7, 11) is 0. The Morgan fingerprint density at radius 1 is 1.19 bits per heavy atom. The van der Waals surface area contributed by atoms with Crippen LogP contribution in [0.15, 0.2) is 0 Å². The number of carbonyl (C=O) groups excluding carboxylic acids is 2. The van der Waals surface area contributed by atoms with E-state index in [2.05, 4.69) is 17.5 Å². The third kappa shape index (κ3) is 4.14. The maximum atomic E-state index is 11.7. The van der Waals surface area contributed by atoms with Crippen LogP contribution in [0, 0.1) is 0 Å². The molecule has 0 aromatic rings. The first-order valence-corrected chi connectivity index (χ1v) is 5.87. The number of hydrogen-bond acceptors (Lipinski definition) is 3. The Balaban J connectivity index is 2.42. The molecule has 0 spiro atoms. The van der Waals surface area contributed by atoms with Crippen molar-refractivity contribution < 1.29 is 9.59 Å². The fourth-order valence-corrected chi connectivity index (χ4v) is 1.73. The molecule has 6 heteroatoms. The maximum absolute atomic E-state index is 11.7. The molecule has 16 heavy (non-hydrogen) atoms. The first-order chi connectivity index (χ1) is 7.61. The minimum atomic E-state index is -0.616. The van der Waals surface area contributed by atoms with Gasteiger partial charge in [-0.05, 0) is 12.8 Å². The number of carbonyl (C=O) groups is 2. The molecule has 0 aromatic carbocycles. The molecule has 0 aromatic heterocycles. The van der Waals surface area contributed by atoms with E-state index in [-0.39, 0.29) is 11.5 Å². The van der Waals surface area contributed by atoms with Gasteiger partial charge in [-0.25, -0.2) is 0 Å². The molecule has 1 fully saturated rings. The highest BCUT2D eigenvalue weighted by Gasteiger charge is 2.22. The van der Waals surface area contributed by atoms with E-state index in [4.69, 9.17) is 5.73 Å². The molecule has 5 nitrogen and oxygen atoms in total. The lowest BCUT2D eigenvalue weighted by molar-refractivity contribution is -0.145. The summed E-state index contributed by atoms with van der Waals surface area (Å²) in [6, 6.07) is 0. The van der Waals surface area contributed by atoms with E-state index in [9.17, 15) is 9.59 Å². The SMILES string of the molecule is NC(=S)CNC(=O)C(=O)N1CCCCCC1. The molecular formula is C10H17N3O2S. The minimum absolute atomic E-state index is 0.0771. The molecule has 0 radical (unpaired) electrons. The van der Waals surface area contributed by atoms with Crippen molar-refractivity contribution >= 4 is 29.0 Å². The van der Waals surface area contributed by atoms with Gasteiger partial charge in [0.2, 0.25) is 0 Å². The van der Waals surface area contributed by atoms with Crippen molar-refractivity contribution in [2.75, 3.05) is 19.6 Å². The lowest BCUT2D eigenvalue weighted by Crippen LogP contribution is -2.45.